The van der Waals surface area contributed by atoms with Crippen molar-refractivity contribution in [2.45, 2.75) is 45.1 Å². The summed E-state index contributed by atoms with van der Waals surface area (Å²) in [6, 6.07) is 13.0. The van der Waals surface area contributed by atoms with Crippen LogP contribution in [0.5, 0.6) is 0 Å². The van der Waals surface area contributed by atoms with Crippen LogP contribution < -0.4 is 16.0 Å². The Kier molecular flexibility index (Phi) is 7.80. The zero-order valence-electron chi connectivity index (χ0n) is 23.6. The van der Waals surface area contributed by atoms with E-state index >= 15 is 0 Å². The number of aromatic nitrogens is 9. The predicted octanol–water partition coefficient (Wildman–Crippen LogP) is 4.04. The van der Waals surface area contributed by atoms with Gasteiger partial charge in [0.1, 0.15) is 17.2 Å². The van der Waals surface area contributed by atoms with E-state index in [1.165, 1.54) is 6.20 Å². The second kappa shape index (κ2) is 12.1. The molecule has 0 saturated heterocycles. The Hall–Kier alpha value is -5.53. The summed E-state index contributed by atoms with van der Waals surface area (Å²) in [4.78, 5) is 46.5. The molecule has 0 aromatic carbocycles. The molecule has 5 aromatic rings. The Morgan fingerprint density at radius 2 is 1.65 bits per heavy atom. The van der Waals surface area contributed by atoms with Crippen molar-refractivity contribution in [2.75, 3.05) is 16.0 Å². The number of anilines is 3. The number of hydrogen-bond acceptors (Lipinski definition) is 10. The minimum Gasteiger partial charge on any atom is -0.367 e. The van der Waals surface area contributed by atoms with Crippen molar-refractivity contribution in [2.24, 2.45) is 5.92 Å². The molecule has 14 heteroatoms. The first-order valence-corrected chi connectivity index (χ1v) is 14.0. The van der Waals surface area contributed by atoms with Crippen LogP contribution in [0, 0.1) is 5.92 Å². The van der Waals surface area contributed by atoms with Crippen molar-refractivity contribution >= 4 is 29.5 Å². The summed E-state index contributed by atoms with van der Waals surface area (Å²) in [6.07, 6.45) is 7.16. The van der Waals surface area contributed by atoms with Crippen LogP contribution in [0.25, 0.3) is 23.0 Å². The number of carbonyl (C=O) groups is 2. The van der Waals surface area contributed by atoms with Crippen molar-refractivity contribution in [1.29, 1.82) is 0 Å². The van der Waals surface area contributed by atoms with Crippen molar-refractivity contribution in [1.82, 2.24) is 45.3 Å². The maximum Gasteiger partial charge on any atom is 0.259 e. The van der Waals surface area contributed by atoms with Gasteiger partial charge < -0.3 is 5.32 Å². The molecule has 1 aliphatic rings. The lowest BCUT2D eigenvalue weighted by Crippen LogP contribution is -2.14. The first-order valence-electron chi connectivity index (χ1n) is 14.0. The second-order valence-corrected chi connectivity index (χ2v) is 10.7. The Labute approximate surface area is 246 Å². The molecule has 2 unspecified atom stereocenters. The van der Waals surface area contributed by atoms with Gasteiger partial charge >= 0.3 is 0 Å². The normalized spacial score (nSPS) is 15.7. The molecule has 218 valence electrons. The number of pyridine rings is 3. The van der Waals surface area contributed by atoms with E-state index in [9.17, 15) is 9.59 Å². The fourth-order valence-corrected chi connectivity index (χ4v) is 4.44. The average molecular weight is 579 g/mol. The summed E-state index contributed by atoms with van der Waals surface area (Å²) in [5.41, 5.74) is 2.74. The SMILES string of the molecule is CC(C)CCC(=O)Nc1n[nH]c(-c2ccc(C3CC3Nc3ccc(C(=O)Nc4n[nH]c(-c5ccccn5)n4)cn3)cn2)n1. The van der Waals surface area contributed by atoms with Crippen molar-refractivity contribution in [3.05, 3.63) is 72.2 Å². The van der Waals surface area contributed by atoms with Gasteiger partial charge in [-0.05, 0) is 54.7 Å². The van der Waals surface area contributed by atoms with Gasteiger partial charge in [-0.15, -0.1) is 10.2 Å². The van der Waals surface area contributed by atoms with E-state index in [2.05, 4.69) is 75.1 Å². The lowest BCUT2D eigenvalue weighted by molar-refractivity contribution is -0.116. The Balaban J connectivity index is 0.989. The van der Waals surface area contributed by atoms with Gasteiger partial charge in [0.2, 0.25) is 17.8 Å². The standard InChI is InChI=1S/C29H30N12O2/c1-16(2)6-11-24(42)34-28-35-26(39-40-28)21-9-7-17(14-31-21)19-13-22(19)33-23-10-8-18(15-32-23)27(43)37-29-36-25(38-41-29)20-5-3-4-12-30-20/h3-5,7-10,12,14-16,19,22H,6,11,13H2,1-2H3,(H,32,33)(H2,34,35,39,40,42)(H2,36,37,38,41,43). The number of aromatic amines is 2. The topological polar surface area (TPSA) is 192 Å². The number of amides is 2. The maximum absolute atomic E-state index is 12.7. The third kappa shape index (κ3) is 6.86. The van der Waals surface area contributed by atoms with Gasteiger partial charge in [0.05, 0.1) is 5.56 Å². The van der Waals surface area contributed by atoms with Gasteiger partial charge in [0.25, 0.3) is 5.91 Å². The minimum atomic E-state index is -0.367. The number of rotatable bonds is 11. The highest BCUT2D eigenvalue weighted by atomic mass is 16.2. The molecule has 1 aliphatic carbocycles. The number of nitrogens with one attached hydrogen (secondary N) is 5. The number of carbonyl (C=O) groups excluding carboxylic acids is 2. The van der Waals surface area contributed by atoms with E-state index in [0.29, 0.717) is 46.8 Å². The minimum absolute atomic E-state index is 0.107. The van der Waals surface area contributed by atoms with Crippen LogP contribution in [-0.2, 0) is 4.79 Å². The maximum atomic E-state index is 12.7. The molecule has 0 bridgehead atoms. The Morgan fingerprint density at radius 3 is 2.30 bits per heavy atom. The van der Waals surface area contributed by atoms with Crippen LogP contribution >= 0.6 is 0 Å². The van der Waals surface area contributed by atoms with Crippen LogP contribution in [0.15, 0.2) is 61.1 Å². The molecular formula is C29H30N12O2. The van der Waals surface area contributed by atoms with Gasteiger partial charge in [-0.25, -0.2) is 4.98 Å². The van der Waals surface area contributed by atoms with E-state index in [0.717, 1.165) is 18.4 Å². The van der Waals surface area contributed by atoms with Gasteiger partial charge in [0.15, 0.2) is 11.6 Å². The molecule has 5 N–H and O–H groups in total. The second-order valence-electron chi connectivity index (χ2n) is 10.7. The summed E-state index contributed by atoms with van der Waals surface area (Å²) < 4.78 is 0. The van der Waals surface area contributed by atoms with Crippen LogP contribution in [0.4, 0.5) is 17.7 Å². The van der Waals surface area contributed by atoms with Crippen LogP contribution in [0.1, 0.15) is 54.9 Å². The number of nitrogens with zero attached hydrogens (tertiary/aromatic N) is 7. The summed E-state index contributed by atoms with van der Waals surface area (Å²) in [5.74, 6) is 2.28. The molecular weight excluding hydrogens is 548 g/mol. The van der Waals surface area contributed by atoms with E-state index in [-0.39, 0.29) is 35.7 Å². The zero-order valence-corrected chi connectivity index (χ0v) is 23.6. The number of hydrogen-bond donors (Lipinski definition) is 5. The van der Waals surface area contributed by atoms with Crippen LogP contribution in [-0.4, -0.2) is 63.2 Å². The van der Waals surface area contributed by atoms with Crippen LogP contribution in [0.3, 0.4) is 0 Å². The lowest BCUT2D eigenvalue weighted by atomic mass is 10.1. The highest BCUT2D eigenvalue weighted by molar-refractivity contribution is 6.03. The van der Waals surface area contributed by atoms with Crippen molar-refractivity contribution in [3.8, 4) is 23.0 Å². The monoisotopic (exact) mass is 578 g/mol. The lowest BCUT2D eigenvalue weighted by Gasteiger charge is -2.07. The van der Waals surface area contributed by atoms with E-state index in [1.807, 2.05) is 30.5 Å². The van der Waals surface area contributed by atoms with Gasteiger partial charge in [0, 0.05) is 37.0 Å². The number of H-pyrrole nitrogens is 2. The molecule has 1 fully saturated rings. The molecule has 2 amide bonds. The summed E-state index contributed by atoms with van der Waals surface area (Å²) in [5, 5.41) is 22.5. The zero-order chi connectivity index (χ0) is 29.8. The Bertz CT molecular complexity index is 1700. The molecule has 1 saturated carbocycles. The van der Waals surface area contributed by atoms with E-state index in [1.54, 1.807) is 24.4 Å². The summed E-state index contributed by atoms with van der Waals surface area (Å²) in [7, 11) is 0. The fraction of sp³-hybridized carbons (Fsp3) is 0.276. The molecule has 2 atom stereocenters. The highest BCUT2D eigenvalue weighted by Gasteiger charge is 2.39. The molecule has 5 heterocycles. The van der Waals surface area contributed by atoms with E-state index in [4.69, 9.17) is 0 Å². The van der Waals surface area contributed by atoms with E-state index < -0.39 is 0 Å². The quantitative estimate of drug-likeness (QED) is 0.153. The van der Waals surface area contributed by atoms with Crippen molar-refractivity contribution < 1.29 is 9.59 Å². The highest BCUT2D eigenvalue weighted by Crippen LogP contribution is 2.42. The fourth-order valence-electron chi connectivity index (χ4n) is 4.44. The molecule has 43 heavy (non-hydrogen) atoms. The summed E-state index contributed by atoms with van der Waals surface area (Å²) >= 11 is 0. The molecule has 0 radical (unpaired) electrons. The van der Waals surface area contributed by atoms with Gasteiger partial charge in [-0.3, -0.25) is 40.4 Å². The average Bonchev–Trinajstić information content (AvgIpc) is 3.37. The molecule has 0 spiro atoms. The molecule has 6 rings (SSSR count). The van der Waals surface area contributed by atoms with Crippen molar-refractivity contribution in [3.63, 3.8) is 0 Å². The first-order chi connectivity index (χ1) is 20.9. The van der Waals surface area contributed by atoms with Crippen LogP contribution in [0.2, 0.25) is 0 Å². The molecule has 14 nitrogen and oxygen atoms in total. The first kappa shape index (κ1) is 27.6. The molecule has 5 aromatic heterocycles. The predicted molar refractivity (Wildman–Crippen MR) is 159 cm³/mol. The smallest absolute Gasteiger partial charge is 0.259 e. The largest absolute Gasteiger partial charge is 0.367 e. The van der Waals surface area contributed by atoms with Gasteiger partial charge in [-0.2, -0.15) is 9.97 Å². The summed E-state index contributed by atoms with van der Waals surface area (Å²) in [6.45, 7) is 4.15. The molecule has 0 aliphatic heterocycles. The third-order valence-electron chi connectivity index (χ3n) is 6.91. The van der Waals surface area contributed by atoms with Gasteiger partial charge in [-0.1, -0.05) is 26.0 Å². The Morgan fingerprint density at radius 1 is 0.884 bits per heavy atom. The third-order valence-corrected chi connectivity index (χ3v) is 6.91.